The van der Waals surface area contributed by atoms with Crippen molar-refractivity contribution >= 4 is 9.84 Å². The fraction of sp³-hybridized carbons (Fsp3) is 1.00. The second kappa shape index (κ2) is 4.63. The second-order valence-corrected chi connectivity index (χ2v) is 7.45. The van der Waals surface area contributed by atoms with Gasteiger partial charge < -0.3 is 5.32 Å². The van der Waals surface area contributed by atoms with Crippen molar-refractivity contribution in [2.24, 2.45) is 0 Å². The molecule has 0 amide bonds. The van der Waals surface area contributed by atoms with Crippen molar-refractivity contribution < 1.29 is 8.42 Å². The predicted octanol–water partition coefficient (Wildman–Crippen LogP) is 0.249. The van der Waals surface area contributed by atoms with Gasteiger partial charge in [-0.1, -0.05) is 0 Å². The van der Waals surface area contributed by atoms with Crippen LogP contribution in [-0.2, 0) is 9.84 Å². The molecule has 2 aliphatic rings. The van der Waals surface area contributed by atoms with Gasteiger partial charge in [0.2, 0.25) is 0 Å². The first-order valence-electron chi connectivity index (χ1n) is 6.15. The van der Waals surface area contributed by atoms with Gasteiger partial charge in [-0.3, -0.25) is 4.90 Å². The highest BCUT2D eigenvalue weighted by Crippen LogP contribution is 2.36. The van der Waals surface area contributed by atoms with Crippen LogP contribution in [0.2, 0.25) is 0 Å². The summed E-state index contributed by atoms with van der Waals surface area (Å²) in [6.07, 6.45) is 6.16. The minimum atomic E-state index is -2.82. The molecule has 0 aromatic heterocycles. The summed E-state index contributed by atoms with van der Waals surface area (Å²) in [5.41, 5.74) is 0.315. The number of nitrogens with one attached hydrogen (secondary N) is 1. The molecular weight excluding hydrogens is 224 g/mol. The molecule has 1 spiro atoms. The zero-order chi connectivity index (χ0) is 11.6. The van der Waals surface area contributed by atoms with E-state index in [0.717, 1.165) is 26.2 Å². The van der Waals surface area contributed by atoms with Crippen LogP contribution in [0.1, 0.15) is 25.7 Å². The smallest absolute Gasteiger partial charge is 0.148 e. The van der Waals surface area contributed by atoms with Crippen molar-refractivity contribution in [1.82, 2.24) is 10.2 Å². The van der Waals surface area contributed by atoms with E-state index in [9.17, 15) is 8.42 Å². The van der Waals surface area contributed by atoms with Gasteiger partial charge in [-0.25, -0.2) is 8.42 Å². The van der Waals surface area contributed by atoms with Crippen molar-refractivity contribution in [2.75, 3.05) is 38.2 Å². The fourth-order valence-electron chi connectivity index (χ4n) is 3.08. The van der Waals surface area contributed by atoms with E-state index in [2.05, 4.69) is 10.2 Å². The molecule has 0 radical (unpaired) electrons. The maximum Gasteiger partial charge on any atom is 0.148 e. The minimum absolute atomic E-state index is 0.308. The third-order valence-corrected chi connectivity index (χ3v) is 4.93. The van der Waals surface area contributed by atoms with E-state index in [1.54, 1.807) is 0 Å². The Morgan fingerprint density at radius 1 is 1.25 bits per heavy atom. The van der Waals surface area contributed by atoms with Crippen LogP contribution in [0.4, 0.5) is 0 Å². The number of hydrogen-bond acceptors (Lipinski definition) is 4. The molecule has 2 aliphatic heterocycles. The molecule has 94 valence electrons. The van der Waals surface area contributed by atoms with Gasteiger partial charge in [0.15, 0.2) is 0 Å². The lowest BCUT2D eigenvalue weighted by Gasteiger charge is -2.42. The first kappa shape index (κ1) is 12.3. The molecule has 2 saturated heterocycles. The largest absolute Gasteiger partial charge is 0.317 e. The Kier molecular flexibility index (Phi) is 3.56. The normalized spacial score (nSPS) is 26.3. The Morgan fingerprint density at radius 2 is 1.94 bits per heavy atom. The molecule has 5 heteroatoms. The van der Waals surface area contributed by atoms with Gasteiger partial charge in [0.25, 0.3) is 0 Å². The molecule has 0 atom stereocenters. The Hall–Kier alpha value is -0.130. The molecule has 2 heterocycles. The molecule has 2 rings (SSSR count). The summed E-state index contributed by atoms with van der Waals surface area (Å²) in [6, 6.07) is 0. The Balaban J connectivity index is 1.97. The van der Waals surface area contributed by atoms with Gasteiger partial charge in [0.1, 0.15) is 9.84 Å². The van der Waals surface area contributed by atoms with Crippen LogP contribution in [0.5, 0.6) is 0 Å². The van der Waals surface area contributed by atoms with Crippen molar-refractivity contribution in [3.8, 4) is 0 Å². The quantitative estimate of drug-likeness (QED) is 0.775. The monoisotopic (exact) mass is 246 g/mol. The Bertz CT molecular complexity index is 334. The maximum absolute atomic E-state index is 11.2. The summed E-state index contributed by atoms with van der Waals surface area (Å²) in [5.74, 6) is 0.308. The van der Waals surface area contributed by atoms with E-state index >= 15 is 0 Å². The van der Waals surface area contributed by atoms with Gasteiger partial charge in [-0.05, 0) is 45.3 Å². The highest BCUT2D eigenvalue weighted by molar-refractivity contribution is 7.90. The number of piperidine rings is 1. The minimum Gasteiger partial charge on any atom is -0.317 e. The number of likely N-dealkylation sites (tertiary alicyclic amines) is 1. The summed E-state index contributed by atoms with van der Waals surface area (Å²) >= 11 is 0. The number of hydrogen-bond donors (Lipinski definition) is 1. The molecule has 1 N–H and O–H groups in total. The predicted molar refractivity (Wildman–Crippen MR) is 65.4 cm³/mol. The molecule has 0 aliphatic carbocycles. The van der Waals surface area contributed by atoms with Crippen LogP contribution < -0.4 is 5.32 Å². The zero-order valence-electron chi connectivity index (χ0n) is 10.0. The van der Waals surface area contributed by atoms with Gasteiger partial charge in [-0.2, -0.15) is 0 Å². The van der Waals surface area contributed by atoms with Crippen LogP contribution >= 0.6 is 0 Å². The van der Waals surface area contributed by atoms with Crippen LogP contribution in [-0.4, -0.2) is 57.0 Å². The van der Waals surface area contributed by atoms with Crippen LogP contribution in [0.3, 0.4) is 0 Å². The molecule has 0 bridgehead atoms. The topological polar surface area (TPSA) is 49.4 Å². The number of rotatable bonds is 3. The lowest BCUT2D eigenvalue weighted by atomic mass is 9.86. The highest BCUT2D eigenvalue weighted by atomic mass is 32.2. The average molecular weight is 246 g/mol. The summed E-state index contributed by atoms with van der Waals surface area (Å²) < 4.78 is 22.4. The molecule has 4 nitrogen and oxygen atoms in total. The summed E-state index contributed by atoms with van der Waals surface area (Å²) in [4.78, 5) is 2.43. The van der Waals surface area contributed by atoms with Crippen molar-refractivity contribution in [1.29, 1.82) is 0 Å². The summed E-state index contributed by atoms with van der Waals surface area (Å²) in [7, 11) is -2.82. The van der Waals surface area contributed by atoms with E-state index in [-0.39, 0.29) is 0 Å². The lowest BCUT2D eigenvalue weighted by Crippen LogP contribution is -2.52. The molecule has 0 unspecified atom stereocenters. The highest BCUT2D eigenvalue weighted by Gasteiger charge is 2.41. The first-order valence-corrected chi connectivity index (χ1v) is 8.21. The lowest BCUT2D eigenvalue weighted by molar-refractivity contribution is 0.107. The van der Waals surface area contributed by atoms with Gasteiger partial charge >= 0.3 is 0 Å². The molecule has 16 heavy (non-hydrogen) atoms. The molecule has 0 saturated carbocycles. The standard InChI is InChI=1S/C11H22N2O2S/c1-16(14,15)10-9-13-8-2-3-11(13)4-6-12-7-5-11/h12H,2-10H2,1H3. The van der Waals surface area contributed by atoms with Crippen LogP contribution in [0.25, 0.3) is 0 Å². The third-order valence-electron chi connectivity index (χ3n) is 4.01. The maximum atomic E-state index is 11.2. The van der Waals surface area contributed by atoms with Gasteiger partial charge in [-0.15, -0.1) is 0 Å². The van der Waals surface area contributed by atoms with Gasteiger partial charge in [0, 0.05) is 18.3 Å². The van der Waals surface area contributed by atoms with Crippen LogP contribution in [0.15, 0.2) is 0 Å². The zero-order valence-corrected chi connectivity index (χ0v) is 10.9. The van der Waals surface area contributed by atoms with Crippen molar-refractivity contribution in [3.63, 3.8) is 0 Å². The number of sulfone groups is 1. The molecule has 2 fully saturated rings. The SMILES string of the molecule is CS(=O)(=O)CCN1CCCC12CCNCC2. The van der Waals surface area contributed by atoms with Gasteiger partial charge in [0.05, 0.1) is 5.75 Å². The Morgan fingerprint density at radius 3 is 2.56 bits per heavy atom. The Labute approximate surface area is 98.3 Å². The van der Waals surface area contributed by atoms with E-state index in [1.807, 2.05) is 0 Å². The first-order chi connectivity index (χ1) is 7.52. The third kappa shape index (κ3) is 2.76. The summed E-state index contributed by atoms with van der Waals surface area (Å²) in [5, 5.41) is 3.38. The van der Waals surface area contributed by atoms with E-state index in [0.29, 0.717) is 11.3 Å². The van der Waals surface area contributed by atoms with E-state index < -0.39 is 9.84 Å². The van der Waals surface area contributed by atoms with Crippen molar-refractivity contribution in [2.45, 2.75) is 31.2 Å². The molecular formula is C11H22N2O2S. The average Bonchev–Trinajstić information content (AvgIpc) is 2.58. The van der Waals surface area contributed by atoms with E-state index in [1.165, 1.54) is 31.9 Å². The second-order valence-electron chi connectivity index (χ2n) is 5.19. The number of nitrogens with zero attached hydrogens (tertiary/aromatic N) is 1. The molecule has 0 aromatic rings. The summed E-state index contributed by atoms with van der Waals surface area (Å²) in [6.45, 7) is 3.96. The van der Waals surface area contributed by atoms with Crippen molar-refractivity contribution in [3.05, 3.63) is 0 Å². The van der Waals surface area contributed by atoms with Crippen LogP contribution in [0, 0.1) is 0 Å². The fourth-order valence-corrected chi connectivity index (χ4v) is 3.63. The molecule has 0 aromatic carbocycles. The van der Waals surface area contributed by atoms with E-state index in [4.69, 9.17) is 0 Å².